The van der Waals surface area contributed by atoms with E-state index in [1.54, 1.807) is 0 Å². The standard InChI is InChI=1S/C36H22N2OS/c1-3-11-23-21(9-1)29-17-33-25-13-5-6-14-26(25)34(39-33)18-30-22-10-2-4-12-24(22)32(38-30)20-36-28-16-8-7-15-27(28)35(40-36)19-31(23)37-29/h1-20,37-38H. The van der Waals surface area contributed by atoms with Crippen LogP contribution in [0.2, 0.25) is 0 Å². The molecule has 0 saturated heterocycles. The molecule has 9 rings (SSSR count). The maximum atomic E-state index is 6.62. The molecule has 0 atom stereocenters. The number of hydrogen-bond acceptors (Lipinski definition) is 2. The minimum absolute atomic E-state index is 0.846. The van der Waals surface area contributed by atoms with E-state index in [9.17, 15) is 0 Å². The van der Waals surface area contributed by atoms with E-state index in [0.29, 0.717) is 0 Å². The second-order valence-electron chi connectivity index (χ2n) is 10.3. The van der Waals surface area contributed by atoms with E-state index < -0.39 is 0 Å². The van der Waals surface area contributed by atoms with Crippen LogP contribution in [-0.2, 0) is 0 Å². The third-order valence-corrected chi connectivity index (χ3v) is 9.13. The highest BCUT2D eigenvalue weighted by Crippen LogP contribution is 2.26. The highest BCUT2D eigenvalue weighted by molar-refractivity contribution is 7.09. The highest BCUT2D eigenvalue weighted by Gasteiger charge is 2.13. The van der Waals surface area contributed by atoms with Gasteiger partial charge in [0, 0.05) is 75.7 Å². The Balaban J connectivity index is 1.51. The van der Waals surface area contributed by atoms with E-state index in [2.05, 4.69) is 131 Å². The smallest absolute Gasteiger partial charge is 0.137 e. The maximum absolute atomic E-state index is 6.62. The van der Waals surface area contributed by atoms with Crippen LogP contribution in [0.5, 0.6) is 0 Å². The van der Waals surface area contributed by atoms with Gasteiger partial charge in [0.2, 0.25) is 0 Å². The predicted octanol–water partition coefficient (Wildman–Crippen LogP) is 6.24. The molecule has 0 aliphatic carbocycles. The van der Waals surface area contributed by atoms with Crippen LogP contribution in [0.15, 0.2) is 101 Å². The van der Waals surface area contributed by atoms with Crippen LogP contribution in [0.25, 0.3) is 67.4 Å². The lowest BCUT2D eigenvalue weighted by molar-refractivity contribution is 0.508. The molecule has 2 N–H and O–H groups in total. The van der Waals surface area contributed by atoms with Crippen LogP contribution < -0.4 is 19.9 Å². The van der Waals surface area contributed by atoms with Crippen molar-refractivity contribution < 1.29 is 4.42 Å². The van der Waals surface area contributed by atoms with E-state index in [4.69, 9.17) is 4.42 Å². The van der Waals surface area contributed by atoms with Crippen molar-refractivity contribution in [3.8, 4) is 0 Å². The molecule has 0 spiro atoms. The Labute approximate surface area is 232 Å². The van der Waals surface area contributed by atoms with Gasteiger partial charge in [-0.3, -0.25) is 0 Å². The number of aromatic amines is 2. The summed E-state index contributed by atoms with van der Waals surface area (Å²) in [7, 11) is 0. The molecule has 8 bridgehead atoms. The predicted molar refractivity (Wildman–Crippen MR) is 167 cm³/mol. The number of hydrogen-bond donors (Lipinski definition) is 2. The first-order valence-corrected chi connectivity index (χ1v) is 14.3. The Bertz CT molecular complexity index is 2210. The van der Waals surface area contributed by atoms with Crippen LogP contribution in [0.1, 0.15) is 22.8 Å². The zero-order valence-corrected chi connectivity index (χ0v) is 22.2. The number of H-pyrrole nitrogens is 2. The Kier molecular flexibility index (Phi) is 4.48. The quantitative estimate of drug-likeness (QED) is 0.240. The zero-order chi connectivity index (χ0) is 26.2. The third-order valence-electron chi connectivity index (χ3n) is 8.01. The van der Waals surface area contributed by atoms with Crippen LogP contribution in [-0.4, -0.2) is 9.97 Å². The molecule has 5 heterocycles. The van der Waals surface area contributed by atoms with Crippen LogP contribution in [0.3, 0.4) is 0 Å². The van der Waals surface area contributed by atoms with Gasteiger partial charge in [0.1, 0.15) is 10.8 Å². The number of furan rings is 1. The second kappa shape index (κ2) is 8.22. The summed E-state index contributed by atoms with van der Waals surface area (Å²) in [5, 5.41) is 9.46. The average molecular weight is 531 g/mol. The van der Waals surface area contributed by atoms with Gasteiger partial charge in [-0.2, -0.15) is 0 Å². The van der Waals surface area contributed by atoms with E-state index in [0.717, 1.165) is 44.4 Å². The highest BCUT2D eigenvalue weighted by atomic mass is 32.1. The number of benzene rings is 4. The first-order chi connectivity index (χ1) is 19.8. The van der Waals surface area contributed by atoms with Gasteiger partial charge in [-0.25, -0.2) is 0 Å². The lowest BCUT2D eigenvalue weighted by Crippen LogP contribution is -2.01. The molecule has 0 saturated carbocycles. The molecule has 1 aliphatic heterocycles. The monoisotopic (exact) mass is 530 g/mol. The Hall–Kier alpha value is -5.06. The first kappa shape index (κ1) is 21.8. The Morgan fingerprint density at radius 1 is 0.375 bits per heavy atom. The van der Waals surface area contributed by atoms with Gasteiger partial charge < -0.3 is 14.4 Å². The van der Waals surface area contributed by atoms with Crippen molar-refractivity contribution >= 4 is 78.7 Å². The van der Waals surface area contributed by atoms with Crippen LogP contribution >= 0.6 is 11.3 Å². The number of thiophene rings is 1. The number of rotatable bonds is 0. The molecule has 4 aromatic heterocycles. The van der Waals surface area contributed by atoms with E-state index in [1.807, 2.05) is 11.3 Å². The minimum atomic E-state index is 0.846. The summed E-state index contributed by atoms with van der Waals surface area (Å²) in [4.78, 5) is 7.47. The molecule has 0 amide bonds. The van der Waals surface area contributed by atoms with Gasteiger partial charge in [0.25, 0.3) is 0 Å². The average Bonchev–Trinajstić information content (AvgIpc) is 3.73. The Morgan fingerprint density at radius 3 is 1.10 bits per heavy atom. The van der Waals surface area contributed by atoms with Gasteiger partial charge in [0.15, 0.2) is 0 Å². The van der Waals surface area contributed by atoms with Crippen molar-refractivity contribution in [1.29, 1.82) is 0 Å². The van der Waals surface area contributed by atoms with Crippen molar-refractivity contribution in [2.45, 2.75) is 0 Å². The van der Waals surface area contributed by atoms with Crippen LogP contribution in [0.4, 0.5) is 0 Å². The van der Waals surface area contributed by atoms with Gasteiger partial charge >= 0.3 is 0 Å². The van der Waals surface area contributed by atoms with E-state index in [-0.39, 0.29) is 0 Å². The second-order valence-corrected chi connectivity index (χ2v) is 11.4. The summed E-state index contributed by atoms with van der Waals surface area (Å²) >= 11 is 1.83. The summed E-state index contributed by atoms with van der Waals surface area (Å²) in [5.74, 6) is 0. The van der Waals surface area contributed by atoms with Crippen molar-refractivity contribution in [3.05, 3.63) is 140 Å². The molecule has 4 aromatic carbocycles. The number of aromatic nitrogens is 2. The summed E-state index contributed by atoms with van der Waals surface area (Å²) in [6.45, 7) is 0. The minimum Gasteiger partial charge on any atom is -0.456 e. The fourth-order valence-electron chi connectivity index (χ4n) is 6.16. The lowest BCUT2D eigenvalue weighted by Gasteiger charge is -1.92. The normalized spacial score (nSPS) is 12.8. The van der Waals surface area contributed by atoms with Crippen molar-refractivity contribution in [2.24, 2.45) is 0 Å². The molecule has 0 fully saturated rings. The van der Waals surface area contributed by atoms with Gasteiger partial charge in [-0.05, 0) is 12.2 Å². The lowest BCUT2D eigenvalue weighted by atomic mass is 10.1. The molecule has 4 heteroatoms. The van der Waals surface area contributed by atoms with Gasteiger partial charge in [-0.15, -0.1) is 11.3 Å². The van der Waals surface area contributed by atoms with Crippen molar-refractivity contribution in [1.82, 2.24) is 9.97 Å². The SMILES string of the molecule is C1=c2oc(c3ccccc23)=Cc2[nH]c(c3ccccc23)C=c2sc(c3ccccc23)=Cc2[nH]c1c1ccccc21. The summed E-state index contributed by atoms with van der Waals surface area (Å²) in [5.41, 5.74) is 5.98. The van der Waals surface area contributed by atoms with Gasteiger partial charge in [-0.1, -0.05) is 97.1 Å². The fraction of sp³-hybridized carbons (Fsp3) is 0. The summed E-state index contributed by atoms with van der Waals surface area (Å²) in [6.07, 6.45) is 8.89. The maximum Gasteiger partial charge on any atom is 0.137 e. The van der Waals surface area contributed by atoms with E-state index in [1.165, 1.54) is 41.4 Å². The molecule has 1 aliphatic rings. The van der Waals surface area contributed by atoms with Crippen LogP contribution in [0, 0.1) is 0 Å². The Morgan fingerprint density at radius 2 is 0.700 bits per heavy atom. The first-order valence-electron chi connectivity index (χ1n) is 13.4. The number of fused-ring (bicyclic) bond motifs is 20. The fourth-order valence-corrected chi connectivity index (χ4v) is 7.32. The molecule has 3 nitrogen and oxygen atoms in total. The van der Waals surface area contributed by atoms with E-state index >= 15 is 0 Å². The topological polar surface area (TPSA) is 44.7 Å². The summed E-state index contributed by atoms with van der Waals surface area (Å²) < 4.78 is 9.09. The third kappa shape index (κ3) is 3.17. The zero-order valence-electron chi connectivity index (χ0n) is 21.4. The molecule has 0 unspecified atom stereocenters. The molecular formula is C36H22N2OS. The molecule has 0 radical (unpaired) electrons. The molecular weight excluding hydrogens is 508 g/mol. The molecule has 8 aromatic rings. The summed E-state index contributed by atoms with van der Waals surface area (Å²) in [6, 6.07) is 34.3. The number of nitrogens with one attached hydrogen (secondary N) is 2. The molecule has 40 heavy (non-hydrogen) atoms. The van der Waals surface area contributed by atoms with Crippen molar-refractivity contribution in [2.75, 3.05) is 0 Å². The van der Waals surface area contributed by atoms with Crippen molar-refractivity contribution in [3.63, 3.8) is 0 Å². The molecule has 188 valence electrons. The van der Waals surface area contributed by atoms with Gasteiger partial charge in [0.05, 0.1) is 11.4 Å². The largest absolute Gasteiger partial charge is 0.456 e.